The molecule has 0 fully saturated rings. The zero-order valence-electron chi connectivity index (χ0n) is 14.0. The normalized spacial score (nSPS) is 11.7. The number of aliphatic carboxylic acids is 1. The summed E-state index contributed by atoms with van der Waals surface area (Å²) in [6, 6.07) is 17.4. The number of carbonyl (C=O) groups is 1. The van der Waals surface area contributed by atoms with Gasteiger partial charge in [-0.15, -0.1) is 0 Å². The molecule has 0 aromatic heterocycles. The maximum absolute atomic E-state index is 11.1. The number of ether oxygens (including phenoxy) is 2. The van der Waals surface area contributed by atoms with Crippen molar-refractivity contribution in [3.63, 3.8) is 0 Å². The predicted octanol–water partition coefficient (Wildman–Crippen LogP) is 4.19. The van der Waals surface area contributed by atoms with Gasteiger partial charge in [-0.2, -0.15) is 0 Å². The van der Waals surface area contributed by atoms with Gasteiger partial charge in [0.05, 0.1) is 19.1 Å². The first kappa shape index (κ1) is 17.9. The Hall–Kier alpha value is -2.49. The van der Waals surface area contributed by atoms with Crippen LogP contribution in [-0.2, 0) is 11.2 Å². The number of carboxylic acid groups (broad SMARTS) is 1. The molecule has 0 spiro atoms. The van der Waals surface area contributed by atoms with Gasteiger partial charge in [-0.25, -0.2) is 0 Å². The minimum atomic E-state index is -0.748. The van der Waals surface area contributed by atoms with E-state index in [9.17, 15) is 4.79 Å². The fourth-order valence-corrected chi connectivity index (χ4v) is 2.41. The second kappa shape index (κ2) is 9.60. The van der Waals surface area contributed by atoms with Gasteiger partial charge in [-0.3, -0.25) is 4.79 Å². The van der Waals surface area contributed by atoms with Crippen LogP contribution < -0.4 is 9.47 Å². The molecule has 0 amide bonds. The van der Waals surface area contributed by atoms with Crippen LogP contribution in [0.15, 0.2) is 54.6 Å². The molecule has 2 aromatic rings. The number of hydrogen-bond acceptors (Lipinski definition) is 3. The van der Waals surface area contributed by atoms with Gasteiger partial charge in [0.2, 0.25) is 0 Å². The third-order valence-corrected chi connectivity index (χ3v) is 3.79. The molecule has 0 heterocycles. The monoisotopic (exact) mass is 328 g/mol. The maximum atomic E-state index is 11.1. The summed E-state index contributed by atoms with van der Waals surface area (Å²) in [5.41, 5.74) is 0.988. The van der Waals surface area contributed by atoms with Crippen molar-refractivity contribution in [2.24, 2.45) is 5.92 Å². The van der Waals surface area contributed by atoms with E-state index < -0.39 is 5.97 Å². The van der Waals surface area contributed by atoms with Gasteiger partial charge < -0.3 is 14.6 Å². The van der Waals surface area contributed by atoms with Crippen LogP contribution in [0.2, 0.25) is 0 Å². The van der Waals surface area contributed by atoms with E-state index in [0.717, 1.165) is 23.5 Å². The van der Waals surface area contributed by atoms with Crippen LogP contribution in [0.3, 0.4) is 0 Å². The zero-order valence-corrected chi connectivity index (χ0v) is 14.0. The number of carboxylic acids is 1. The topological polar surface area (TPSA) is 55.8 Å². The first-order valence-corrected chi connectivity index (χ1v) is 8.31. The van der Waals surface area contributed by atoms with Crippen LogP contribution in [0.1, 0.15) is 25.3 Å². The Balaban J connectivity index is 1.74. The van der Waals surface area contributed by atoms with Gasteiger partial charge in [0, 0.05) is 6.42 Å². The van der Waals surface area contributed by atoms with Crippen molar-refractivity contribution in [1.82, 2.24) is 0 Å². The molecule has 0 aliphatic rings. The fraction of sp³-hybridized carbons (Fsp3) is 0.350. The molecular weight excluding hydrogens is 304 g/mol. The van der Waals surface area contributed by atoms with E-state index in [1.807, 2.05) is 61.5 Å². The molecule has 0 aliphatic heterocycles. The van der Waals surface area contributed by atoms with Crippen LogP contribution >= 0.6 is 0 Å². The summed E-state index contributed by atoms with van der Waals surface area (Å²) in [7, 11) is 0. The van der Waals surface area contributed by atoms with E-state index >= 15 is 0 Å². The van der Waals surface area contributed by atoms with Crippen LogP contribution in [0.5, 0.6) is 11.5 Å². The molecule has 0 bridgehead atoms. The molecule has 0 saturated heterocycles. The summed E-state index contributed by atoms with van der Waals surface area (Å²) in [6.07, 6.45) is 1.93. The molecule has 1 atom stereocenters. The summed E-state index contributed by atoms with van der Waals surface area (Å²) in [6.45, 7) is 3.05. The van der Waals surface area contributed by atoms with Gasteiger partial charge in [0.1, 0.15) is 11.5 Å². The summed E-state index contributed by atoms with van der Waals surface area (Å²) in [5.74, 6) is 0.535. The Morgan fingerprint density at radius 1 is 1.00 bits per heavy atom. The zero-order chi connectivity index (χ0) is 17.2. The standard InChI is InChI=1S/C20H24O4/c1-2-17(20(21)22)14-16-8-6-11-19(15-16)24-13-7-12-23-18-9-4-3-5-10-18/h3-6,8-11,15,17H,2,7,12-14H2,1H3,(H,21,22). The maximum Gasteiger partial charge on any atom is 0.306 e. The van der Waals surface area contributed by atoms with Crippen molar-refractivity contribution < 1.29 is 19.4 Å². The Bertz CT molecular complexity index is 625. The highest BCUT2D eigenvalue weighted by atomic mass is 16.5. The molecule has 0 aliphatic carbocycles. The molecule has 4 nitrogen and oxygen atoms in total. The van der Waals surface area contributed by atoms with E-state index in [2.05, 4.69) is 0 Å². The lowest BCUT2D eigenvalue weighted by Gasteiger charge is -2.12. The lowest BCUT2D eigenvalue weighted by atomic mass is 9.97. The molecule has 0 radical (unpaired) electrons. The van der Waals surface area contributed by atoms with Crippen LogP contribution in [0.4, 0.5) is 0 Å². The highest BCUT2D eigenvalue weighted by Gasteiger charge is 2.15. The lowest BCUT2D eigenvalue weighted by molar-refractivity contribution is -0.141. The van der Waals surface area contributed by atoms with E-state index in [4.69, 9.17) is 14.6 Å². The SMILES string of the molecule is CCC(Cc1cccc(OCCCOc2ccccc2)c1)C(=O)O. The summed E-state index contributed by atoms with van der Waals surface area (Å²) < 4.78 is 11.3. The lowest BCUT2D eigenvalue weighted by Crippen LogP contribution is -2.15. The van der Waals surface area contributed by atoms with Crippen molar-refractivity contribution >= 4 is 5.97 Å². The van der Waals surface area contributed by atoms with E-state index in [1.165, 1.54) is 0 Å². The summed E-state index contributed by atoms with van der Waals surface area (Å²) in [5, 5.41) is 9.15. The van der Waals surface area contributed by atoms with E-state index in [0.29, 0.717) is 26.1 Å². The molecule has 128 valence electrons. The smallest absolute Gasteiger partial charge is 0.306 e. The van der Waals surface area contributed by atoms with Crippen molar-refractivity contribution in [1.29, 1.82) is 0 Å². The molecule has 2 aromatic carbocycles. The third kappa shape index (κ3) is 5.95. The highest BCUT2D eigenvalue weighted by molar-refractivity contribution is 5.70. The minimum Gasteiger partial charge on any atom is -0.493 e. The van der Waals surface area contributed by atoms with Gasteiger partial charge in [0.25, 0.3) is 0 Å². The average Bonchev–Trinajstić information content (AvgIpc) is 2.60. The van der Waals surface area contributed by atoms with Gasteiger partial charge in [-0.05, 0) is 42.7 Å². The van der Waals surface area contributed by atoms with Crippen molar-refractivity contribution in [2.45, 2.75) is 26.2 Å². The van der Waals surface area contributed by atoms with Gasteiger partial charge in [-0.1, -0.05) is 37.3 Å². The molecule has 1 N–H and O–H groups in total. The second-order valence-corrected chi connectivity index (χ2v) is 5.66. The highest BCUT2D eigenvalue weighted by Crippen LogP contribution is 2.18. The average molecular weight is 328 g/mol. The number of para-hydroxylation sites is 1. The van der Waals surface area contributed by atoms with Crippen molar-refractivity contribution in [3.05, 3.63) is 60.2 Å². The van der Waals surface area contributed by atoms with Crippen molar-refractivity contribution in [3.8, 4) is 11.5 Å². The van der Waals surface area contributed by atoms with Crippen molar-refractivity contribution in [2.75, 3.05) is 13.2 Å². The summed E-state index contributed by atoms with van der Waals surface area (Å²) in [4.78, 5) is 11.1. The molecule has 1 unspecified atom stereocenters. The molecular formula is C20H24O4. The largest absolute Gasteiger partial charge is 0.493 e. The Morgan fingerprint density at radius 2 is 1.67 bits per heavy atom. The number of hydrogen-bond donors (Lipinski definition) is 1. The Labute approximate surface area is 143 Å². The first-order valence-electron chi connectivity index (χ1n) is 8.31. The van der Waals surface area contributed by atoms with Crippen LogP contribution in [-0.4, -0.2) is 24.3 Å². The third-order valence-electron chi connectivity index (χ3n) is 3.79. The Morgan fingerprint density at radius 3 is 2.33 bits per heavy atom. The molecule has 24 heavy (non-hydrogen) atoms. The number of benzene rings is 2. The quantitative estimate of drug-likeness (QED) is 0.665. The molecule has 0 saturated carbocycles. The number of rotatable bonds is 10. The van der Waals surface area contributed by atoms with Crippen LogP contribution in [0, 0.1) is 5.92 Å². The second-order valence-electron chi connectivity index (χ2n) is 5.66. The van der Waals surface area contributed by atoms with E-state index in [1.54, 1.807) is 0 Å². The Kier molecular flexibility index (Phi) is 7.15. The summed E-state index contributed by atoms with van der Waals surface area (Å²) >= 11 is 0. The molecule has 2 rings (SSSR count). The predicted molar refractivity (Wildman–Crippen MR) is 93.6 cm³/mol. The fourth-order valence-electron chi connectivity index (χ4n) is 2.41. The van der Waals surface area contributed by atoms with Gasteiger partial charge in [0.15, 0.2) is 0 Å². The molecule has 4 heteroatoms. The first-order chi connectivity index (χ1) is 11.7. The van der Waals surface area contributed by atoms with Crippen LogP contribution in [0.25, 0.3) is 0 Å². The minimum absolute atomic E-state index is 0.348. The van der Waals surface area contributed by atoms with Gasteiger partial charge >= 0.3 is 5.97 Å². The van der Waals surface area contributed by atoms with E-state index in [-0.39, 0.29) is 5.92 Å².